The summed E-state index contributed by atoms with van der Waals surface area (Å²) in [4.78, 5) is 18.7. The molecule has 1 amide bonds. The summed E-state index contributed by atoms with van der Waals surface area (Å²) in [5.41, 5.74) is 0.549. The fraction of sp³-hybridized carbons (Fsp3) is 0.333. The van der Waals surface area contributed by atoms with Gasteiger partial charge in [-0.2, -0.15) is 0 Å². The maximum absolute atomic E-state index is 12.6. The first kappa shape index (κ1) is 17.7. The summed E-state index contributed by atoms with van der Waals surface area (Å²) in [6.45, 7) is 1.85. The van der Waals surface area contributed by atoms with Gasteiger partial charge in [-0.25, -0.2) is 0 Å². The van der Waals surface area contributed by atoms with E-state index in [1.807, 2.05) is 42.3 Å². The van der Waals surface area contributed by atoms with Gasteiger partial charge in [-0.1, -0.05) is 24.3 Å². The number of nitrogens with zero attached hydrogens (tertiary/aromatic N) is 2. The molecule has 2 heterocycles. The van der Waals surface area contributed by atoms with Gasteiger partial charge in [0.05, 0.1) is 0 Å². The maximum atomic E-state index is 12.6. The van der Waals surface area contributed by atoms with Gasteiger partial charge in [0.1, 0.15) is 5.69 Å². The third-order valence-corrected chi connectivity index (χ3v) is 3.78. The summed E-state index contributed by atoms with van der Waals surface area (Å²) in [5, 5.41) is 5.26. The second kappa shape index (κ2) is 7.59. The number of carbonyl (C=O) groups is 1. The zero-order chi connectivity index (χ0) is 13.2. The molecule has 1 aliphatic heterocycles. The smallest absolute Gasteiger partial charge is 0.273 e. The molecule has 3 rings (SSSR count). The van der Waals surface area contributed by atoms with Gasteiger partial charge in [0.25, 0.3) is 5.91 Å². The number of carbonyl (C=O) groups excluding carboxylic acids is 1. The highest BCUT2D eigenvalue weighted by Crippen LogP contribution is 2.19. The van der Waals surface area contributed by atoms with Crippen LogP contribution in [-0.4, -0.2) is 42.0 Å². The number of hydrogen-bond acceptors (Lipinski definition) is 3. The first-order valence-electron chi connectivity index (χ1n) is 6.59. The van der Waals surface area contributed by atoms with E-state index in [1.54, 1.807) is 6.20 Å². The van der Waals surface area contributed by atoms with Crippen LogP contribution in [0.5, 0.6) is 0 Å². The molecule has 1 aromatic carbocycles. The zero-order valence-corrected chi connectivity index (χ0v) is 13.4. The minimum atomic E-state index is 0. The van der Waals surface area contributed by atoms with Crippen LogP contribution in [0, 0.1) is 0 Å². The standard InChI is InChI=1S/C15H17N3O.2ClH/c1-18(12-7-8-16-10-12)15(19)14-13-5-3-2-4-11(13)6-9-17-14;;/h2-6,9,12,16H,7-8,10H2,1H3;2*1H. The molecule has 1 fully saturated rings. The zero-order valence-electron chi connectivity index (χ0n) is 11.8. The molecule has 21 heavy (non-hydrogen) atoms. The van der Waals surface area contributed by atoms with E-state index >= 15 is 0 Å². The van der Waals surface area contributed by atoms with Crippen LogP contribution in [-0.2, 0) is 0 Å². The minimum Gasteiger partial charge on any atom is -0.336 e. The molecule has 0 aliphatic carbocycles. The van der Waals surface area contributed by atoms with Crippen LogP contribution >= 0.6 is 24.8 Å². The van der Waals surface area contributed by atoms with Crippen LogP contribution in [0.3, 0.4) is 0 Å². The van der Waals surface area contributed by atoms with Gasteiger partial charge < -0.3 is 10.2 Å². The molecule has 1 atom stereocenters. The van der Waals surface area contributed by atoms with Crippen molar-refractivity contribution in [1.29, 1.82) is 0 Å². The molecule has 1 unspecified atom stereocenters. The van der Waals surface area contributed by atoms with Crippen molar-refractivity contribution >= 4 is 41.5 Å². The quantitative estimate of drug-likeness (QED) is 0.921. The molecule has 1 N–H and O–H groups in total. The SMILES string of the molecule is CN(C(=O)c1nccc2ccccc12)C1CCNC1.Cl.Cl. The van der Waals surface area contributed by atoms with Crippen LogP contribution in [0.2, 0.25) is 0 Å². The van der Waals surface area contributed by atoms with Gasteiger partial charge in [-0.15, -0.1) is 24.8 Å². The number of halogens is 2. The van der Waals surface area contributed by atoms with E-state index in [-0.39, 0.29) is 36.8 Å². The van der Waals surface area contributed by atoms with E-state index < -0.39 is 0 Å². The lowest BCUT2D eigenvalue weighted by atomic mass is 10.1. The van der Waals surface area contributed by atoms with E-state index in [2.05, 4.69) is 10.3 Å². The van der Waals surface area contributed by atoms with Crippen molar-refractivity contribution in [1.82, 2.24) is 15.2 Å². The van der Waals surface area contributed by atoms with Gasteiger partial charge in [0.15, 0.2) is 0 Å². The average Bonchev–Trinajstić information content (AvgIpc) is 2.99. The monoisotopic (exact) mass is 327 g/mol. The van der Waals surface area contributed by atoms with E-state index in [1.165, 1.54) is 0 Å². The molecule has 1 saturated heterocycles. The Hall–Kier alpha value is -1.36. The van der Waals surface area contributed by atoms with E-state index in [4.69, 9.17) is 0 Å². The van der Waals surface area contributed by atoms with Crippen LogP contribution < -0.4 is 5.32 Å². The predicted octanol–water partition coefficient (Wildman–Crippen LogP) is 2.51. The Morgan fingerprint density at radius 1 is 1.29 bits per heavy atom. The summed E-state index contributed by atoms with van der Waals surface area (Å²) >= 11 is 0. The maximum Gasteiger partial charge on any atom is 0.273 e. The highest BCUT2D eigenvalue weighted by atomic mass is 35.5. The number of nitrogens with one attached hydrogen (secondary N) is 1. The lowest BCUT2D eigenvalue weighted by Crippen LogP contribution is -2.38. The molecule has 114 valence electrons. The Bertz CT molecular complexity index is 609. The Labute approximate surface area is 136 Å². The minimum absolute atomic E-state index is 0. The second-order valence-corrected chi connectivity index (χ2v) is 4.94. The highest BCUT2D eigenvalue weighted by Gasteiger charge is 2.25. The number of aromatic nitrogens is 1. The number of benzene rings is 1. The highest BCUT2D eigenvalue weighted by molar-refractivity contribution is 6.05. The summed E-state index contributed by atoms with van der Waals surface area (Å²) in [5.74, 6) is 0.00509. The van der Waals surface area contributed by atoms with Gasteiger partial charge in [-0.05, 0) is 24.4 Å². The van der Waals surface area contributed by atoms with Crippen LogP contribution in [0.4, 0.5) is 0 Å². The molecule has 2 aromatic rings. The number of rotatable bonds is 2. The molecule has 0 bridgehead atoms. The van der Waals surface area contributed by atoms with Crippen molar-refractivity contribution in [2.75, 3.05) is 20.1 Å². The Kier molecular flexibility index (Phi) is 6.40. The van der Waals surface area contributed by atoms with Crippen molar-refractivity contribution < 1.29 is 4.79 Å². The van der Waals surface area contributed by atoms with Crippen LogP contribution in [0.1, 0.15) is 16.9 Å². The Balaban J connectivity index is 0.00000110. The Morgan fingerprint density at radius 3 is 2.76 bits per heavy atom. The van der Waals surface area contributed by atoms with Crippen molar-refractivity contribution in [3.63, 3.8) is 0 Å². The number of fused-ring (bicyclic) bond motifs is 1. The van der Waals surface area contributed by atoms with Crippen LogP contribution in [0.25, 0.3) is 10.8 Å². The largest absolute Gasteiger partial charge is 0.336 e. The summed E-state index contributed by atoms with van der Waals surface area (Å²) in [6.07, 6.45) is 2.71. The predicted molar refractivity (Wildman–Crippen MR) is 89.6 cm³/mol. The van der Waals surface area contributed by atoms with Crippen molar-refractivity contribution in [2.45, 2.75) is 12.5 Å². The summed E-state index contributed by atoms with van der Waals surface area (Å²) in [7, 11) is 1.86. The molecule has 6 heteroatoms. The van der Waals surface area contributed by atoms with E-state index in [0.717, 1.165) is 30.3 Å². The molecule has 0 saturated carbocycles. The number of likely N-dealkylation sites (N-methyl/N-ethyl adjacent to an activating group) is 1. The fourth-order valence-electron chi connectivity index (χ4n) is 2.59. The van der Waals surface area contributed by atoms with Crippen molar-refractivity contribution in [2.24, 2.45) is 0 Å². The Morgan fingerprint density at radius 2 is 2.05 bits per heavy atom. The summed E-state index contributed by atoms with van der Waals surface area (Å²) in [6, 6.07) is 10.1. The molecule has 1 aromatic heterocycles. The number of pyridine rings is 1. The molecule has 0 radical (unpaired) electrons. The molecule has 0 spiro atoms. The molecule has 4 nitrogen and oxygen atoms in total. The third kappa shape index (κ3) is 3.46. The van der Waals surface area contributed by atoms with Gasteiger partial charge in [0, 0.05) is 31.2 Å². The third-order valence-electron chi connectivity index (χ3n) is 3.78. The summed E-state index contributed by atoms with van der Waals surface area (Å²) < 4.78 is 0. The van der Waals surface area contributed by atoms with Crippen molar-refractivity contribution in [3.05, 3.63) is 42.2 Å². The lowest BCUT2D eigenvalue weighted by Gasteiger charge is -2.23. The number of amides is 1. The van der Waals surface area contributed by atoms with Crippen molar-refractivity contribution in [3.8, 4) is 0 Å². The molecular formula is C15H19Cl2N3O. The first-order valence-corrected chi connectivity index (χ1v) is 6.59. The number of hydrogen-bond donors (Lipinski definition) is 1. The second-order valence-electron chi connectivity index (χ2n) is 4.94. The molecular weight excluding hydrogens is 309 g/mol. The molecule has 1 aliphatic rings. The first-order chi connectivity index (χ1) is 9.27. The topological polar surface area (TPSA) is 45.2 Å². The normalized spacial score (nSPS) is 16.9. The van der Waals surface area contributed by atoms with Gasteiger partial charge >= 0.3 is 0 Å². The fourth-order valence-corrected chi connectivity index (χ4v) is 2.59. The van der Waals surface area contributed by atoms with E-state index in [9.17, 15) is 4.79 Å². The van der Waals surface area contributed by atoms with Crippen LogP contribution in [0.15, 0.2) is 36.5 Å². The average molecular weight is 328 g/mol. The van der Waals surface area contributed by atoms with E-state index in [0.29, 0.717) is 5.69 Å². The van der Waals surface area contributed by atoms with Gasteiger partial charge in [-0.3, -0.25) is 9.78 Å². The van der Waals surface area contributed by atoms with Gasteiger partial charge in [0.2, 0.25) is 0 Å². The lowest BCUT2D eigenvalue weighted by molar-refractivity contribution is 0.0740.